The fourth-order valence-electron chi connectivity index (χ4n) is 4.96. The molecule has 1 saturated heterocycles. The summed E-state index contributed by atoms with van der Waals surface area (Å²) >= 11 is 1.54. The second kappa shape index (κ2) is 8.30. The number of halogens is 3. The monoisotopic (exact) mass is 498 g/mol. The van der Waals surface area contributed by atoms with Crippen molar-refractivity contribution in [2.24, 2.45) is 16.6 Å². The molecule has 1 amide bonds. The van der Waals surface area contributed by atoms with Crippen molar-refractivity contribution >= 4 is 35.0 Å². The summed E-state index contributed by atoms with van der Waals surface area (Å²) in [6.45, 7) is 0.397. The summed E-state index contributed by atoms with van der Waals surface area (Å²) in [6.07, 6.45) is -4.00. The van der Waals surface area contributed by atoms with Crippen LogP contribution in [0.3, 0.4) is 0 Å². The van der Waals surface area contributed by atoms with Crippen molar-refractivity contribution in [3.8, 4) is 6.07 Å². The first-order chi connectivity index (χ1) is 16.6. The number of hydrogen-bond donors (Lipinski definition) is 1. The van der Waals surface area contributed by atoms with E-state index in [4.69, 9.17) is 10.7 Å². The van der Waals surface area contributed by atoms with Crippen molar-refractivity contribution < 1.29 is 18.0 Å². The topological polar surface area (TPSA) is 98.6 Å². The number of pyridine rings is 1. The van der Waals surface area contributed by atoms with Gasteiger partial charge >= 0.3 is 6.18 Å². The highest BCUT2D eigenvalue weighted by Gasteiger charge is 2.59. The normalized spacial score (nSPS) is 26.3. The Morgan fingerprint density at radius 3 is 2.77 bits per heavy atom. The van der Waals surface area contributed by atoms with E-state index in [2.05, 4.69) is 11.1 Å². The summed E-state index contributed by atoms with van der Waals surface area (Å²) in [5.41, 5.74) is 6.70. The number of nitrogens with two attached hydrogens (primary N) is 1. The number of hydrogen-bond acceptors (Lipinski definition) is 7. The zero-order valence-electron chi connectivity index (χ0n) is 18.7. The Bertz CT molecular complexity index is 1300. The number of benzene rings is 1. The van der Waals surface area contributed by atoms with Crippen molar-refractivity contribution in [2.45, 2.75) is 23.4 Å². The molecule has 2 unspecified atom stereocenters. The number of nitriles is 1. The van der Waals surface area contributed by atoms with Crippen LogP contribution in [-0.4, -0.2) is 52.7 Å². The number of carbonyl (C=O) groups is 1. The molecule has 2 aromatic rings. The summed E-state index contributed by atoms with van der Waals surface area (Å²) in [7, 11) is 1.55. The smallest absolute Gasteiger partial charge is 0.369 e. The van der Waals surface area contributed by atoms with Crippen LogP contribution in [0.15, 0.2) is 52.9 Å². The highest BCUT2D eigenvalue weighted by Crippen LogP contribution is 2.50. The maximum Gasteiger partial charge on any atom is 0.433 e. The number of amides is 1. The number of aromatic nitrogens is 1. The Balaban J connectivity index is 1.49. The molecule has 0 spiro atoms. The first-order valence-electron chi connectivity index (χ1n) is 10.9. The third kappa shape index (κ3) is 3.91. The first-order valence-corrected chi connectivity index (χ1v) is 11.8. The van der Waals surface area contributed by atoms with E-state index in [9.17, 15) is 23.2 Å². The van der Waals surface area contributed by atoms with Gasteiger partial charge in [-0.15, -0.1) is 11.8 Å². The van der Waals surface area contributed by atoms with Crippen molar-refractivity contribution in [1.82, 2.24) is 9.88 Å². The number of aliphatic imine (C=N–C) groups is 1. The minimum absolute atomic E-state index is 0.0885. The lowest BCUT2D eigenvalue weighted by atomic mass is 9.79. The zero-order valence-corrected chi connectivity index (χ0v) is 19.5. The van der Waals surface area contributed by atoms with Gasteiger partial charge in [-0.2, -0.15) is 18.4 Å². The molecular formula is C24H21F3N6OS. The summed E-state index contributed by atoms with van der Waals surface area (Å²) in [6, 6.07) is 13.2. The molecule has 0 aliphatic carbocycles. The Kier molecular flexibility index (Phi) is 5.51. The van der Waals surface area contributed by atoms with Crippen molar-refractivity contribution in [3.63, 3.8) is 0 Å². The molecule has 35 heavy (non-hydrogen) atoms. The number of allylic oxidation sites excluding steroid dienone is 1. The lowest BCUT2D eigenvalue weighted by Gasteiger charge is -2.40. The van der Waals surface area contributed by atoms with Gasteiger partial charge in [0.1, 0.15) is 17.1 Å². The van der Waals surface area contributed by atoms with Crippen LogP contribution in [0.25, 0.3) is 5.57 Å². The molecule has 1 fully saturated rings. The summed E-state index contributed by atoms with van der Waals surface area (Å²) in [5, 5.41) is 11.1. The molecule has 0 radical (unpaired) electrons. The molecule has 4 heterocycles. The predicted octanol–water partition coefficient (Wildman–Crippen LogP) is 3.48. The van der Waals surface area contributed by atoms with Crippen LogP contribution in [0.4, 0.5) is 19.0 Å². The molecular weight excluding hydrogens is 477 g/mol. The molecule has 7 nitrogen and oxygen atoms in total. The summed E-state index contributed by atoms with van der Waals surface area (Å²) in [5.74, 6) is -0.569. The van der Waals surface area contributed by atoms with Gasteiger partial charge in [-0.1, -0.05) is 18.2 Å². The minimum Gasteiger partial charge on any atom is -0.369 e. The van der Waals surface area contributed by atoms with Gasteiger partial charge in [0.15, 0.2) is 5.96 Å². The molecule has 1 aromatic carbocycles. The van der Waals surface area contributed by atoms with Crippen LogP contribution in [0.5, 0.6) is 0 Å². The number of nitrogens with zero attached hydrogens (tertiary/aromatic N) is 5. The van der Waals surface area contributed by atoms with Gasteiger partial charge in [0.25, 0.3) is 0 Å². The predicted molar refractivity (Wildman–Crippen MR) is 127 cm³/mol. The number of thioether (sulfide) groups is 1. The van der Waals surface area contributed by atoms with E-state index in [0.29, 0.717) is 12.0 Å². The van der Waals surface area contributed by atoms with E-state index in [-0.39, 0.29) is 36.0 Å². The van der Waals surface area contributed by atoms with Gasteiger partial charge < -0.3 is 10.6 Å². The van der Waals surface area contributed by atoms with Crippen LogP contribution in [0, 0.1) is 17.2 Å². The van der Waals surface area contributed by atoms with Crippen LogP contribution in [0.2, 0.25) is 0 Å². The second-order valence-electron chi connectivity index (χ2n) is 8.83. The number of carbonyl (C=O) groups excluding carboxylic acids is 1. The van der Waals surface area contributed by atoms with Crippen LogP contribution in [-0.2, 0) is 11.0 Å². The van der Waals surface area contributed by atoms with Crippen LogP contribution >= 0.6 is 11.8 Å². The number of guanidine groups is 1. The summed E-state index contributed by atoms with van der Waals surface area (Å²) < 4.78 is 39.9. The maximum absolute atomic E-state index is 13.3. The average Bonchev–Trinajstić information content (AvgIpc) is 3.49. The van der Waals surface area contributed by atoms with Gasteiger partial charge in [-0.25, -0.2) is 9.98 Å². The van der Waals surface area contributed by atoms with Gasteiger partial charge in [0.05, 0.1) is 17.6 Å². The maximum atomic E-state index is 13.3. The molecule has 3 atom stereocenters. The molecule has 2 N–H and O–H groups in total. The van der Waals surface area contributed by atoms with E-state index < -0.39 is 23.3 Å². The number of rotatable bonds is 3. The Morgan fingerprint density at radius 2 is 2.03 bits per heavy atom. The highest BCUT2D eigenvalue weighted by atomic mass is 32.2. The van der Waals surface area contributed by atoms with Gasteiger partial charge in [0, 0.05) is 25.4 Å². The van der Waals surface area contributed by atoms with Crippen LogP contribution in [0.1, 0.15) is 23.2 Å². The molecule has 1 aromatic heterocycles. The number of anilines is 1. The Labute approximate surface area is 204 Å². The Morgan fingerprint density at radius 1 is 1.26 bits per heavy atom. The van der Waals surface area contributed by atoms with Gasteiger partial charge in [0.2, 0.25) is 5.91 Å². The van der Waals surface area contributed by atoms with Gasteiger partial charge in [-0.05, 0) is 47.2 Å². The standard InChI is InChI=1S/C24H21F3N6OS/c1-32-21(34)17-11-33(20-7-3-6-18(30-20)24(25,26)27)13-23(17,31-22(32)29)19-9-16(12-35-19)15-5-2-4-14(8-15)10-28/h2-8,12,17,19H,9,11,13H2,1H3,(H2,29,31)/t17?,19?,23-/m0/s1. The molecule has 0 saturated carbocycles. The lowest BCUT2D eigenvalue weighted by Crippen LogP contribution is -2.59. The van der Waals surface area contributed by atoms with E-state index in [1.807, 2.05) is 23.6 Å². The third-order valence-electron chi connectivity index (χ3n) is 6.79. The van der Waals surface area contributed by atoms with E-state index in [1.165, 1.54) is 28.8 Å². The second-order valence-corrected chi connectivity index (χ2v) is 9.91. The van der Waals surface area contributed by atoms with Gasteiger partial charge in [-0.3, -0.25) is 9.69 Å². The lowest BCUT2D eigenvalue weighted by molar-refractivity contribution is -0.141. The molecule has 3 aliphatic rings. The molecule has 0 bridgehead atoms. The van der Waals surface area contributed by atoms with E-state index in [1.54, 1.807) is 18.0 Å². The van der Waals surface area contributed by atoms with E-state index >= 15 is 0 Å². The molecule has 11 heteroatoms. The van der Waals surface area contributed by atoms with Crippen LogP contribution < -0.4 is 10.6 Å². The zero-order chi connectivity index (χ0) is 25.0. The highest BCUT2D eigenvalue weighted by molar-refractivity contribution is 8.03. The molecule has 5 rings (SSSR count). The quantitative estimate of drug-likeness (QED) is 0.696. The summed E-state index contributed by atoms with van der Waals surface area (Å²) in [4.78, 5) is 24.9. The van der Waals surface area contributed by atoms with E-state index in [0.717, 1.165) is 17.2 Å². The number of alkyl halides is 3. The van der Waals surface area contributed by atoms with Crippen molar-refractivity contribution in [1.29, 1.82) is 5.26 Å². The SMILES string of the molecule is CN1C(=O)C2CN(c3cccc(C(F)(F)F)n3)C[C@]2(C2CC(c3cccc(C#N)c3)=CS2)N=C1N. The Hall–Kier alpha value is -3.52. The third-order valence-corrected chi connectivity index (χ3v) is 8.12. The average molecular weight is 499 g/mol. The fourth-order valence-corrected chi connectivity index (χ4v) is 6.32. The van der Waals surface area contributed by atoms with Crippen molar-refractivity contribution in [2.75, 3.05) is 25.0 Å². The van der Waals surface area contributed by atoms with Crippen molar-refractivity contribution in [3.05, 3.63) is 64.7 Å². The first kappa shape index (κ1) is 23.2. The number of fused-ring (bicyclic) bond motifs is 1. The minimum atomic E-state index is -4.57. The fraction of sp³-hybridized carbons (Fsp3) is 0.333. The largest absolute Gasteiger partial charge is 0.433 e. The molecule has 180 valence electrons. The molecule has 3 aliphatic heterocycles.